The Bertz CT molecular complexity index is 365. The van der Waals surface area contributed by atoms with E-state index in [9.17, 15) is 0 Å². The summed E-state index contributed by atoms with van der Waals surface area (Å²) < 4.78 is 0. The molecule has 0 aromatic carbocycles. The van der Waals surface area contributed by atoms with Crippen molar-refractivity contribution in [3.63, 3.8) is 0 Å². The van der Waals surface area contributed by atoms with Crippen molar-refractivity contribution in [2.75, 3.05) is 13.1 Å². The van der Waals surface area contributed by atoms with Crippen LogP contribution in [0.15, 0.2) is 11.4 Å². The van der Waals surface area contributed by atoms with E-state index in [1.54, 1.807) is 16.4 Å². The van der Waals surface area contributed by atoms with Crippen LogP contribution in [0.4, 0.5) is 0 Å². The third-order valence-electron chi connectivity index (χ3n) is 3.71. The number of rotatable bonds is 3. The van der Waals surface area contributed by atoms with E-state index in [0.717, 1.165) is 12.0 Å². The molecule has 1 atom stereocenters. The molecule has 2 heteroatoms. The van der Waals surface area contributed by atoms with Crippen LogP contribution in [0.3, 0.4) is 0 Å². The summed E-state index contributed by atoms with van der Waals surface area (Å²) in [5, 5.41) is 2.28. The van der Waals surface area contributed by atoms with Gasteiger partial charge in [0.2, 0.25) is 0 Å². The van der Waals surface area contributed by atoms with E-state index in [1.807, 2.05) is 11.3 Å². The van der Waals surface area contributed by atoms with Gasteiger partial charge in [-0.15, -0.1) is 11.3 Å². The summed E-state index contributed by atoms with van der Waals surface area (Å²) in [5.41, 5.74) is 1.65. The topological polar surface area (TPSA) is 3.24 Å². The van der Waals surface area contributed by atoms with Crippen molar-refractivity contribution in [3.05, 3.63) is 27.8 Å². The highest BCUT2D eigenvalue weighted by atomic mass is 32.1. The van der Waals surface area contributed by atoms with Gasteiger partial charge < -0.3 is 0 Å². The van der Waals surface area contributed by atoms with Gasteiger partial charge in [-0.25, -0.2) is 0 Å². The molecule has 0 amide bonds. The molecule has 1 aliphatic heterocycles. The molecule has 1 aromatic rings. The van der Waals surface area contributed by atoms with Gasteiger partial charge >= 0.3 is 0 Å². The van der Waals surface area contributed by atoms with Gasteiger partial charge in [0.05, 0.1) is 0 Å². The van der Waals surface area contributed by atoms with Gasteiger partial charge in [0.15, 0.2) is 0 Å². The first-order valence-corrected chi connectivity index (χ1v) is 7.23. The van der Waals surface area contributed by atoms with Crippen LogP contribution in [0.25, 0.3) is 0 Å². The van der Waals surface area contributed by atoms with Crippen molar-refractivity contribution < 1.29 is 0 Å². The van der Waals surface area contributed by atoms with Crippen LogP contribution < -0.4 is 0 Å². The lowest BCUT2D eigenvalue weighted by atomic mass is 9.95. The molecular weight excluding hydrogens is 214 g/mol. The Labute approximate surface area is 102 Å². The molecule has 2 aliphatic rings. The van der Waals surface area contributed by atoms with Gasteiger partial charge in [0, 0.05) is 24.0 Å². The maximum Gasteiger partial charge on any atom is 0.0387 e. The highest BCUT2D eigenvalue weighted by Gasteiger charge is 2.39. The minimum atomic E-state index is 0.741. The Morgan fingerprint density at radius 3 is 2.94 bits per heavy atom. The van der Waals surface area contributed by atoms with E-state index in [1.165, 1.54) is 32.4 Å². The number of fused-ring (bicyclic) bond motifs is 1. The lowest BCUT2D eigenvalue weighted by Gasteiger charge is -2.37. The zero-order valence-corrected chi connectivity index (χ0v) is 11.0. The monoisotopic (exact) mass is 234 g/mol. The molecule has 1 fully saturated rings. The van der Waals surface area contributed by atoms with Gasteiger partial charge in [-0.2, -0.15) is 0 Å². The molecule has 0 saturated heterocycles. The van der Waals surface area contributed by atoms with Crippen molar-refractivity contribution >= 4 is 11.3 Å². The maximum absolute atomic E-state index is 2.71. The summed E-state index contributed by atoms with van der Waals surface area (Å²) in [6, 6.07) is 3.12. The van der Waals surface area contributed by atoms with Gasteiger partial charge in [0.25, 0.3) is 0 Å². The molecule has 87 valence electrons. The van der Waals surface area contributed by atoms with Gasteiger partial charge in [-0.1, -0.05) is 13.8 Å². The van der Waals surface area contributed by atoms with E-state index in [0.29, 0.717) is 0 Å². The summed E-state index contributed by atoms with van der Waals surface area (Å²) in [7, 11) is 0. The first-order valence-electron chi connectivity index (χ1n) is 6.35. The normalized spacial score (nSPS) is 26.1. The average molecular weight is 234 g/mol. The molecule has 16 heavy (non-hydrogen) atoms. The van der Waals surface area contributed by atoms with E-state index in [2.05, 4.69) is 30.2 Å². The van der Waals surface area contributed by atoms with Crippen LogP contribution in [-0.4, -0.2) is 18.0 Å². The summed E-state index contributed by atoms with van der Waals surface area (Å²) in [6.07, 6.45) is 4.15. The fraction of sp³-hybridized carbons (Fsp3) is 0.643. The first-order chi connectivity index (χ1) is 7.75. The molecule has 1 nitrogen and oxygen atoms in total. The molecule has 0 spiro atoms. The molecule has 1 aliphatic carbocycles. The molecule has 1 saturated carbocycles. The average Bonchev–Trinajstić information content (AvgIpc) is 2.94. The predicted octanol–water partition coefficient (Wildman–Crippen LogP) is 3.67. The quantitative estimate of drug-likeness (QED) is 0.771. The second kappa shape index (κ2) is 4.15. The Balaban J connectivity index is 1.86. The van der Waals surface area contributed by atoms with Crippen molar-refractivity contribution in [2.24, 2.45) is 5.92 Å². The third-order valence-corrected chi connectivity index (χ3v) is 4.70. The van der Waals surface area contributed by atoms with Gasteiger partial charge in [-0.3, -0.25) is 4.90 Å². The second-order valence-corrected chi connectivity index (χ2v) is 6.51. The maximum atomic E-state index is 2.71. The van der Waals surface area contributed by atoms with Crippen LogP contribution in [0.2, 0.25) is 0 Å². The van der Waals surface area contributed by atoms with Gasteiger partial charge in [-0.05, 0) is 48.1 Å². The van der Waals surface area contributed by atoms with Crippen LogP contribution in [0.5, 0.6) is 0 Å². The molecule has 2 heterocycles. The van der Waals surface area contributed by atoms with Crippen LogP contribution >= 0.6 is 11.3 Å². The molecule has 1 radical (unpaired) electrons. The minimum absolute atomic E-state index is 0.741. The highest BCUT2D eigenvalue weighted by molar-refractivity contribution is 7.10. The zero-order valence-electron chi connectivity index (χ0n) is 10.2. The fourth-order valence-corrected chi connectivity index (χ4v) is 3.86. The summed E-state index contributed by atoms with van der Waals surface area (Å²) in [5.74, 6) is 2.50. The van der Waals surface area contributed by atoms with E-state index >= 15 is 0 Å². The Kier molecular flexibility index (Phi) is 2.80. The number of hydrogen-bond acceptors (Lipinski definition) is 2. The summed E-state index contributed by atoms with van der Waals surface area (Å²) in [6.45, 7) is 6.97. The lowest BCUT2D eigenvalue weighted by molar-refractivity contribution is 0.174. The molecule has 1 unspecified atom stereocenters. The molecule has 0 N–H and O–H groups in total. The third kappa shape index (κ3) is 1.93. The van der Waals surface area contributed by atoms with Crippen molar-refractivity contribution in [1.82, 2.24) is 4.90 Å². The summed E-state index contributed by atoms with van der Waals surface area (Å²) in [4.78, 5) is 4.36. The van der Waals surface area contributed by atoms with Gasteiger partial charge in [0.1, 0.15) is 0 Å². The lowest BCUT2D eigenvalue weighted by Crippen LogP contribution is -2.37. The second-order valence-electron chi connectivity index (χ2n) is 5.51. The summed E-state index contributed by atoms with van der Waals surface area (Å²) >= 11 is 1.96. The zero-order chi connectivity index (χ0) is 11.1. The minimum Gasteiger partial charge on any atom is -0.295 e. The predicted molar refractivity (Wildman–Crippen MR) is 69.7 cm³/mol. The first kappa shape index (κ1) is 10.8. The van der Waals surface area contributed by atoms with E-state index in [-0.39, 0.29) is 0 Å². The standard InChI is InChI=1S/C14H20NS/c1-10(2)9-15-7-5-13-12(6-8-16-13)14(15)11-3-4-11/h6,8,11,14H,3-5,7,9H2,1-2H3. The largest absolute Gasteiger partial charge is 0.295 e. The van der Waals surface area contributed by atoms with Crippen LogP contribution in [0.1, 0.15) is 43.2 Å². The van der Waals surface area contributed by atoms with Crippen LogP contribution in [-0.2, 0) is 6.42 Å². The Morgan fingerprint density at radius 2 is 2.25 bits per heavy atom. The van der Waals surface area contributed by atoms with Crippen molar-refractivity contribution in [2.45, 2.75) is 39.2 Å². The van der Waals surface area contributed by atoms with Crippen LogP contribution in [0, 0.1) is 11.8 Å². The van der Waals surface area contributed by atoms with Crippen molar-refractivity contribution in [1.29, 1.82) is 0 Å². The van der Waals surface area contributed by atoms with E-state index in [4.69, 9.17) is 0 Å². The molecule has 3 rings (SSSR count). The smallest absolute Gasteiger partial charge is 0.0387 e. The molecule has 0 bridgehead atoms. The Morgan fingerprint density at radius 1 is 1.44 bits per heavy atom. The van der Waals surface area contributed by atoms with Crippen molar-refractivity contribution in [3.8, 4) is 0 Å². The number of nitrogens with zero attached hydrogens (tertiary/aromatic N) is 1. The fourth-order valence-electron chi connectivity index (χ4n) is 2.95. The molecular formula is C14H20NS. The Hall–Kier alpha value is -0.340. The molecule has 1 aromatic heterocycles. The SMILES string of the molecule is C[C](C)CN1CCc2sccc2C1C1CC1. The number of thiophene rings is 1. The van der Waals surface area contributed by atoms with E-state index < -0.39 is 0 Å². The number of hydrogen-bond donors (Lipinski definition) is 0. The highest BCUT2D eigenvalue weighted by Crippen LogP contribution is 2.48.